The lowest BCUT2D eigenvalue weighted by atomic mass is 10.1. The Balaban J connectivity index is 1.51. The average Bonchev–Trinajstić information content (AvgIpc) is 2.79. The van der Waals surface area contributed by atoms with Gasteiger partial charge in [0.05, 0.1) is 21.9 Å². The Bertz CT molecular complexity index is 1060. The molecule has 0 atom stereocenters. The number of nitrogens with zero attached hydrogens (tertiary/aromatic N) is 1. The molecule has 0 unspecified atom stereocenters. The molecule has 0 heterocycles. The topological polar surface area (TPSA) is 101 Å². The number of thioether (sulfide) groups is 1. The Kier molecular flexibility index (Phi) is 7.78. The molecular weight excluding hydrogens is 414 g/mol. The molecule has 158 valence electrons. The van der Waals surface area contributed by atoms with E-state index in [0.29, 0.717) is 23.5 Å². The van der Waals surface area contributed by atoms with Gasteiger partial charge < -0.3 is 10.6 Å². The molecule has 7 nitrogen and oxygen atoms in total. The molecule has 0 aliphatic carbocycles. The van der Waals surface area contributed by atoms with E-state index in [1.165, 1.54) is 23.9 Å². The average molecular weight is 436 g/mol. The second kappa shape index (κ2) is 10.9. The largest absolute Gasteiger partial charge is 0.348 e. The van der Waals surface area contributed by atoms with Gasteiger partial charge in [-0.3, -0.25) is 19.7 Å². The zero-order valence-corrected chi connectivity index (χ0v) is 17.4. The summed E-state index contributed by atoms with van der Waals surface area (Å²) in [4.78, 5) is 35.2. The molecule has 3 aromatic carbocycles. The van der Waals surface area contributed by atoms with Crippen molar-refractivity contribution in [2.75, 3.05) is 11.1 Å². The van der Waals surface area contributed by atoms with Crippen LogP contribution < -0.4 is 10.6 Å². The Hall–Kier alpha value is -3.65. The number of benzene rings is 3. The van der Waals surface area contributed by atoms with Crippen molar-refractivity contribution in [1.29, 1.82) is 0 Å². The summed E-state index contributed by atoms with van der Waals surface area (Å²) in [5, 5.41) is 16.3. The van der Waals surface area contributed by atoms with Gasteiger partial charge in [0.1, 0.15) is 0 Å². The first-order valence-corrected chi connectivity index (χ1v) is 10.7. The summed E-state index contributed by atoms with van der Waals surface area (Å²) < 4.78 is 0. The van der Waals surface area contributed by atoms with Crippen LogP contribution in [0.25, 0.3) is 0 Å². The van der Waals surface area contributed by atoms with E-state index < -0.39 is 4.92 Å². The van der Waals surface area contributed by atoms with E-state index in [1.807, 2.05) is 30.3 Å². The van der Waals surface area contributed by atoms with Crippen molar-refractivity contribution >= 4 is 35.0 Å². The first kappa shape index (κ1) is 22.0. The molecule has 3 rings (SSSR count). The summed E-state index contributed by atoms with van der Waals surface area (Å²) in [5.41, 5.74) is 2.76. The van der Waals surface area contributed by atoms with Crippen molar-refractivity contribution in [1.82, 2.24) is 5.32 Å². The highest BCUT2D eigenvalue weighted by atomic mass is 32.2. The Morgan fingerprint density at radius 2 is 1.55 bits per heavy atom. The van der Waals surface area contributed by atoms with Crippen LogP contribution in [0.3, 0.4) is 0 Å². The summed E-state index contributed by atoms with van der Waals surface area (Å²) in [6, 6.07) is 22.7. The number of nitrogens with one attached hydrogen (secondary N) is 2. The fraction of sp³-hybridized carbons (Fsp3) is 0.130. The third kappa shape index (κ3) is 6.68. The minimum atomic E-state index is -0.447. The van der Waals surface area contributed by atoms with E-state index in [9.17, 15) is 19.7 Å². The molecule has 0 saturated carbocycles. The van der Waals surface area contributed by atoms with Crippen LogP contribution >= 0.6 is 11.8 Å². The van der Waals surface area contributed by atoms with Gasteiger partial charge in [-0.2, -0.15) is 0 Å². The maximum Gasteiger partial charge on any atom is 0.269 e. The van der Waals surface area contributed by atoms with Crippen LogP contribution in [-0.2, 0) is 17.1 Å². The number of carbonyl (C=O) groups excluding carboxylic acids is 2. The second-order valence-electron chi connectivity index (χ2n) is 6.68. The summed E-state index contributed by atoms with van der Waals surface area (Å²) in [6.07, 6.45) is 0. The van der Waals surface area contributed by atoms with Gasteiger partial charge >= 0.3 is 0 Å². The van der Waals surface area contributed by atoms with E-state index >= 15 is 0 Å². The predicted octanol–water partition coefficient (Wildman–Crippen LogP) is 4.40. The highest BCUT2D eigenvalue weighted by Gasteiger charge is 2.13. The lowest BCUT2D eigenvalue weighted by Gasteiger charge is -2.11. The van der Waals surface area contributed by atoms with Gasteiger partial charge in [-0.15, -0.1) is 11.8 Å². The number of carbonyl (C=O) groups is 2. The van der Waals surface area contributed by atoms with Gasteiger partial charge in [-0.1, -0.05) is 54.6 Å². The van der Waals surface area contributed by atoms with Crippen molar-refractivity contribution in [3.05, 3.63) is 106 Å². The smallest absolute Gasteiger partial charge is 0.269 e. The summed E-state index contributed by atoms with van der Waals surface area (Å²) in [5.74, 6) is 0.246. The maximum atomic E-state index is 12.6. The molecular formula is C23H21N3O4S. The predicted molar refractivity (Wildman–Crippen MR) is 122 cm³/mol. The van der Waals surface area contributed by atoms with Gasteiger partial charge in [0.2, 0.25) is 5.91 Å². The van der Waals surface area contributed by atoms with Crippen LogP contribution in [0.15, 0.2) is 78.9 Å². The van der Waals surface area contributed by atoms with Crippen LogP contribution in [0.1, 0.15) is 21.5 Å². The Labute approximate surface area is 184 Å². The Morgan fingerprint density at radius 1 is 0.871 bits per heavy atom. The van der Waals surface area contributed by atoms with Crippen molar-refractivity contribution in [3.63, 3.8) is 0 Å². The van der Waals surface area contributed by atoms with Gasteiger partial charge in [-0.05, 0) is 23.3 Å². The molecule has 2 amide bonds. The first-order chi connectivity index (χ1) is 15.0. The number of rotatable bonds is 9. The van der Waals surface area contributed by atoms with E-state index in [1.54, 1.807) is 36.4 Å². The quantitative estimate of drug-likeness (QED) is 0.383. The highest BCUT2D eigenvalue weighted by molar-refractivity contribution is 7.99. The molecule has 0 bridgehead atoms. The maximum absolute atomic E-state index is 12.6. The van der Waals surface area contributed by atoms with Crippen molar-refractivity contribution < 1.29 is 14.5 Å². The van der Waals surface area contributed by atoms with Crippen molar-refractivity contribution in [2.45, 2.75) is 12.3 Å². The SMILES string of the molecule is O=C(CSCc1ccc([N+](=O)[O-])cc1)Nc1ccccc1C(=O)NCc1ccccc1. The van der Waals surface area contributed by atoms with Gasteiger partial charge in [0.25, 0.3) is 11.6 Å². The van der Waals surface area contributed by atoms with E-state index in [2.05, 4.69) is 10.6 Å². The molecule has 2 N–H and O–H groups in total. The molecule has 0 saturated heterocycles. The van der Waals surface area contributed by atoms with Crippen LogP contribution in [0.4, 0.5) is 11.4 Å². The number of para-hydroxylation sites is 1. The van der Waals surface area contributed by atoms with Crippen LogP contribution in [-0.4, -0.2) is 22.5 Å². The van der Waals surface area contributed by atoms with Crippen molar-refractivity contribution in [2.24, 2.45) is 0 Å². The molecule has 8 heteroatoms. The molecule has 0 fully saturated rings. The number of non-ortho nitro benzene ring substituents is 1. The zero-order chi connectivity index (χ0) is 22.1. The van der Waals surface area contributed by atoms with Gasteiger partial charge in [-0.25, -0.2) is 0 Å². The normalized spacial score (nSPS) is 10.3. The first-order valence-electron chi connectivity index (χ1n) is 9.55. The summed E-state index contributed by atoms with van der Waals surface area (Å²) in [6.45, 7) is 0.396. The third-order valence-electron chi connectivity index (χ3n) is 4.39. The third-order valence-corrected chi connectivity index (χ3v) is 5.39. The molecule has 0 aliphatic heterocycles. The number of amides is 2. The molecule has 0 radical (unpaired) electrons. The lowest BCUT2D eigenvalue weighted by Crippen LogP contribution is -2.25. The second-order valence-corrected chi connectivity index (χ2v) is 7.66. The molecule has 0 spiro atoms. The number of anilines is 1. The zero-order valence-electron chi connectivity index (χ0n) is 16.6. The van der Waals surface area contributed by atoms with E-state index in [-0.39, 0.29) is 23.3 Å². The minimum absolute atomic E-state index is 0.0358. The summed E-state index contributed by atoms with van der Waals surface area (Å²) >= 11 is 1.39. The summed E-state index contributed by atoms with van der Waals surface area (Å²) in [7, 11) is 0. The van der Waals surface area contributed by atoms with Crippen LogP contribution in [0.2, 0.25) is 0 Å². The fourth-order valence-corrected chi connectivity index (χ4v) is 3.61. The molecule has 31 heavy (non-hydrogen) atoms. The monoisotopic (exact) mass is 435 g/mol. The standard InChI is InChI=1S/C23H21N3O4S/c27-22(16-31-15-18-10-12-19(13-11-18)26(29)30)25-21-9-5-4-8-20(21)23(28)24-14-17-6-2-1-3-7-17/h1-13H,14-16H2,(H,24,28)(H,25,27). The minimum Gasteiger partial charge on any atom is -0.348 e. The van der Waals surface area contributed by atoms with Crippen LogP contribution in [0.5, 0.6) is 0 Å². The van der Waals surface area contributed by atoms with Crippen molar-refractivity contribution in [3.8, 4) is 0 Å². The van der Waals surface area contributed by atoms with E-state index in [4.69, 9.17) is 0 Å². The number of hydrogen-bond donors (Lipinski definition) is 2. The molecule has 0 aliphatic rings. The van der Waals surface area contributed by atoms with Gasteiger partial charge in [0, 0.05) is 24.4 Å². The number of hydrogen-bond acceptors (Lipinski definition) is 5. The van der Waals surface area contributed by atoms with E-state index in [0.717, 1.165) is 11.1 Å². The lowest BCUT2D eigenvalue weighted by molar-refractivity contribution is -0.384. The Morgan fingerprint density at radius 3 is 2.26 bits per heavy atom. The van der Waals surface area contributed by atoms with Crippen LogP contribution in [0, 0.1) is 10.1 Å². The fourth-order valence-electron chi connectivity index (χ4n) is 2.83. The number of nitro benzene ring substituents is 1. The molecule has 3 aromatic rings. The number of nitro groups is 1. The highest BCUT2D eigenvalue weighted by Crippen LogP contribution is 2.19. The van der Waals surface area contributed by atoms with Gasteiger partial charge in [0.15, 0.2) is 0 Å². The molecule has 0 aromatic heterocycles.